The monoisotopic (exact) mass is 261 g/mol. The zero-order chi connectivity index (χ0) is 12.7. The van der Waals surface area contributed by atoms with Gasteiger partial charge in [-0.25, -0.2) is 4.79 Å². The van der Waals surface area contributed by atoms with Crippen LogP contribution in [0.1, 0.15) is 15.2 Å². The predicted octanol–water partition coefficient (Wildman–Crippen LogP) is 2.63. The number of hydrogen-bond acceptors (Lipinski definition) is 4. The van der Waals surface area contributed by atoms with Crippen molar-refractivity contribution >= 4 is 23.0 Å². The van der Waals surface area contributed by atoms with Gasteiger partial charge >= 0.3 is 5.97 Å². The van der Waals surface area contributed by atoms with E-state index in [9.17, 15) is 4.79 Å². The fourth-order valence-electron chi connectivity index (χ4n) is 2.07. The van der Waals surface area contributed by atoms with Crippen LogP contribution >= 0.6 is 11.3 Å². The number of hydrogen-bond donors (Lipinski definition) is 2. The molecule has 4 nitrogen and oxygen atoms in total. The molecule has 5 heteroatoms. The van der Waals surface area contributed by atoms with Crippen LogP contribution in [-0.2, 0) is 6.42 Å². The van der Waals surface area contributed by atoms with E-state index in [-0.39, 0.29) is 0 Å². The lowest BCUT2D eigenvalue weighted by atomic mass is 10.1. The Balaban J connectivity index is 2.22. The lowest BCUT2D eigenvalue weighted by Crippen LogP contribution is -1.99. The number of carboxylic acid groups (broad SMARTS) is 1. The van der Waals surface area contributed by atoms with E-state index in [0.29, 0.717) is 23.6 Å². The van der Waals surface area contributed by atoms with Crippen LogP contribution in [0.4, 0.5) is 5.69 Å². The first-order chi connectivity index (χ1) is 8.65. The van der Waals surface area contributed by atoms with E-state index in [1.807, 2.05) is 12.1 Å². The summed E-state index contributed by atoms with van der Waals surface area (Å²) >= 11 is 1.27. The van der Waals surface area contributed by atoms with Gasteiger partial charge in [0.05, 0.1) is 6.61 Å². The molecule has 0 amide bonds. The zero-order valence-electron chi connectivity index (χ0n) is 9.47. The lowest BCUT2D eigenvalue weighted by Gasteiger charge is -2.07. The number of carboxylic acids is 1. The number of fused-ring (bicyclic) bond motifs is 3. The second kappa shape index (κ2) is 4.03. The number of benzene rings is 1. The molecule has 0 saturated heterocycles. The Morgan fingerprint density at radius 3 is 3.00 bits per heavy atom. The third-order valence-electron chi connectivity index (χ3n) is 2.90. The van der Waals surface area contributed by atoms with Crippen molar-refractivity contribution in [2.45, 2.75) is 6.42 Å². The van der Waals surface area contributed by atoms with Gasteiger partial charge in [0.15, 0.2) is 0 Å². The van der Waals surface area contributed by atoms with Gasteiger partial charge in [-0.1, -0.05) is 0 Å². The van der Waals surface area contributed by atoms with Crippen LogP contribution in [0.3, 0.4) is 0 Å². The number of nitrogens with two attached hydrogens (primary N) is 1. The molecule has 0 aliphatic carbocycles. The summed E-state index contributed by atoms with van der Waals surface area (Å²) in [5.74, 6) is -0.124. The average Bonchev–Trinajstić information content (AvgIpc) is 2.68. The Hall–Kier alpha value is -2.01. The maximum atomic E-state index is 11.0. The minimum atomic E-state index is -0.889. The van der Waals surface area contributed by atoms with E-state index in [1.165, 1.54) is 11.3 Å². The first kappa shape index (κ1) is 11.1. The summed E-state index contributed by atoms with van der Waals surface area (Å²) in [6, 6.07) is 7.18. The topological polar surface area (TPSA) is 72.6 Å². The number of thiophene rings is 1. The molecule has 0 atom stereocenters. The molecule has 0 fully saturated rings. The number of nitrogen functional groups attached to an aromatic ring is 1. The molecule has 3 rings (SSSR count). The Morgan fingerprint density at radius 1 is 1.39 bits per heavy atom. The van der Waals surface area contributed by atoms with E-state index in [4.69, 9.17) is 15.6 Å². The normalized spacial score (nSPS) is 13.1. The van der Waals surface area contributed by atoms with Crippen LogP contribution < -0.4 is 10.5 Å². The molecule has 0 unspecified atom stereocenters. The standard InChI is InChI=1S/C13H11NO3S/c14-8-1-2-10-9(6-8)12-7(3-4-17-10)5-11(18-12)13(15)16/h1-2,5-6H,3-4,14H2,(H,15,16). The summed E-state index contributed by atoms with van der Waals surface area (Å²) in [5, 5.41) is 9.06. The smallest absolute Gasteiger partial charge is 0.345 e. The third-order valence-corrected chi connectivity index (χ3v) is 4.10. The summed E-state index contributed by atoms with van der Waals surface area (Å²) < 4.78 is 5.65. The number of rotatable bonds is 1. The van der Waals surface area contributed by atoms with Crippen molar-refractivity contribution in [1.82, 2.24) is 0 Å². The average molecular weight is 261 g/mol. The van der Waals surface area contributed by atoms with Crippen LogP contribution in [0.15, 0.2) is 24.3 Å². The van der Waals surface area contributed by atoms with Crippen molar-refractivity contribution in [3.63, 3.8) is 0 Å². The summed E-state index contributed by atoms with van der Waals surface area (Å²) in [4.78, 5) is 12.3. The van der Waals surface area contributed by atoms with Gasteiger partial charge in [-0.05, 0) is 29.8 Å². The first-order valence-corrected chi connectivity index (χ1v) is 6.35. The van der Waals surface area contributed by atoms with Gasteiger partial charge in [0.2, 0.25) is 0 Å². The second-order valence-corrected chi connectivity index (χ2v) is 5.18. The number of carbonyl (C=O) groups is 1. The fraction of sp³-hybridized carbons (Fsp3) is 0.154. The SMILES string of the molecule is Nc1ccc2c(c1)-c1sc(C(=O)O)cc1CCO2. The molecule has 3 N–H and O–H groups in total. The highest BCUT2D eigenvalue weighted by atomic mass is 32.1. The maximum Gasteiger partial charge on any atom is 0.345 e. The van der Waals surface area contributed by atoms with Gasteiger partial charge in [0.1, 0.15) is 10.6 Å². The van der Waals surface area contributed by atoms with Gasteiger partial charge < -0.3 is 15.6 Å². The Bertz CT molecular complexity index is 633. The molecule has 0 bridgehead atoms. The molecule has 1 aromatic heterocycles. The molecule has 0 radical (unpaired) electrons. The van der Waals surface area contributed by atoms with E-state index in [2.05, 4.69) is 0 Å². The van der Waals surface area contributed by atoms with Crippen LogP contribution in [0.25, 0.3) is 10.4 Å². The summed E-state index contributed by atoms with van der Waals surface area (Å²) in [6.07, 6.45) is 0.716. The quantitative estimate of drug-likeness (QED) is 0.774. The Kier molecular flexibility index (Phi) is 2.48. The largest absolute Gasteiger partial charge is 0.493 e. The molecule has 1 aliphatic heterocycles. The number of aromatic carboxylic acids is 1. The molecule has 2 heterocycles. The minimum Gasteiger partial charge on any atom is -0.493 e. The summed E-state index contributed by atoms with van der Waals surface area (Å²) in [5.41, 5.74) is 8.34. The van der Waals surface area contributed by atoms with Gasteiger partial charge in [-0.3, -0.25) is 0 Å². The molecule has 18 heavy (non-hydrogen) atoms. The molecular weight excluding hydrogens is 250 g/mol. The number of ether oxygens (including phenoxy) is 1. The first-order valence-electron chi connectivity index (χ1n) is 5.54. The van der Waals surface area contributed by atoms with Crippen molar-refractivity contribution in [2.75, 3.05) is 12.3 Å². The predicted molar refractivity (Wildman–Crippen MR) is 70.3 cm³/mol. The van der Waals surface area contributed by atoms with Crippen molar-refractivity contribution < 1.29 is 14.6 Å². The van der Waals surface area contributed by atoms with Crippen molar-refractivity contribution in [3.05, 3.63) is 34.7 Å². The van der Waals surface area contributed by atoms with E-state index in [1.54, 1.807) is 12.1 Å². The minimum absolute atomic E-state index is 0.357. The van der Waals surface area contributed by atoms with Gasteiger partial charge in [-0.15, -0.1) is 11.3 Å². The summed E-state index contributed by atoms with van der Waals surface area (Å²) in [7, 11) is 0. The zero-order valence-corrected chi connectivity index (χ0v) is 10.3. The highest BCUT2D eigenvalue weighted by molar-refractivity contribution is 7.17. The third kappa shape index (κ3) is 1.73. The van der Waals surface area contributed by atoms with Crippen LogP contribution in [0.5, 0.6) is 5.75 Å². The van der Waals surface area contributed by atoms with E-state index in [0.717, 1.165) is 21.8 Å². The van der Waals surface area contributed by atoms with E-state index < -0.39 is 5.97 Å². The van der Waals surface area contributed by atoms with Gasteiger partial charge in [-0.2, -0.15) is 0 Å². The molecule has 0 spiro atoms. The molecule has 1 aromatic carbocycles. The number of anilines is 1. The second-order valence-electron chi connectivity index (χ2n) is 4.12. The van der Waals surface area contributed by atoms with Crippen LogP contribution in [-0.4, -0.2) is 17.7 Å². The lowest BCUT2D eigenvalue weighted by molar-refractivity contribution is 0.0702. The van der Waals surface area contributed by atoms with Crippen molar-refractivity contribution in [1.29, 1.82) is 0 Å². The van der Waals surface area contributed by atoms with Crippen molar-refractivity contribution in [3.8, 4) is 16.2 Å². The maximum absolute atomic E-state index is 11.0. The highest BCUT2D eigenvalue weighted by Gasteiger charge is 2.20. The van der Waals surface area contributed by atoms with Gasteiger partial charge in [0.25, 0.3) is 0 Å². The Labute approximate surface area is 108 Å². The van der Waals surface area contributed by atoms with Gasteiger partial charge in [0, 0.05) is 22.5 Å². The van der Waals surface area contributed by atoms with Crippen LogP contribution in [0.2, 0.25) is 0 Å². The molecular formula is C13H11NO3S. The molecule has 92 valence electrons. The molecule has 0 saturated carbocycles. The van der Waals surface area contributed by atoms with E-state index >= 15 is 0 Å². The highest BCUT2D eigenvalue weighted by Crippen LogP contribution is 2.41. The van der Waals surface area contributed by atoms with Crippen molar-refractivity contribution in [2.24, 2.45) is 0 Å². The van der Waals surface area contributed by atoms with Crippen LogP contribution in [0, 0.1) is 0 Å². The fourth-order valence-corrected chi connectivity index (χ4v) is 3.14. The molecule has 1 aliphatic rings. The Morgan fingerprint density at radius 2 is 2.22 bits per heavy atom. The molecule has 2 aromatic rings. The summed E-state index contributed by atoms with van der Waals surface area (Å²) in [6.45, 7) is 0.555.